The van der Waals surface area contributed by atoms with Crippen LogP contribution in [0.5, 0.6) is 5.88 Å². The highest BCUT2D eigenvalue weighted by molar-refractivity contribution is 5.80. The second-order valence-electron chi connectivity index (χ2n) is 6.16. The number of para-hydroxylation sites is 1. The van der Waals surface area contributed by atoms with Gasteiger partial charge in [-0.1, -0.05) is 18.2 Å². The third-order valence-corrected chi connectivity index (χ3v) is 3.16. The van der Waals surface area contributed by atoms with Crippen molar-refractivity contribution >= 4 is 17.0 Å². The van der Waals surface area contributed by atoms with Crippen LogP contribution in [0, 0.1) is 0 Å². The van der Waals surface area contributed by atoms with Gasteiger partial charge in [0.05, 0.1) is 25.3 Å². The van der Waals surface area contributed by atoms with E-state index in [0.717, 1.165) is 10.9 Å². The molecular formula is C17H22N2O4. The van der Waals surface area contributed by atoms with E-state index in [0.29, 0.717) is 11.4 Å². The van der Waals surface area contributed by atoms with Crippen LogP contribution >= 0.6 is 0 Å². The van der Waals surface area contributed by atoms with Crippen molar-refractivity contribution in [2.45, 2.75) is 32.4 Å². The summed E-state index contributed by atoms with van der Waals surface area (Å²) < 4.78 is 10.5. The molecule has 1 amide bonds. The number of carbonyl (C=O) groups is 1. The van der Waals surface area contributed by atoms with Gasteiger partial charge in [-0.25, -0.2) is 9.78 Å². The number of hydrogen-bond acceptors (Lipinski definition) is 5. The number of alkyl carbamates (subject to hydrolysis) is 1. The molecule has 0 aliphatic rings. The molecule has 0 aliphatic heterocycles. The number of rotatable bonds is 4. The minimum Gasteiger partial charge on any atom is -0.481 e. The summed E-state index contributed by atoms with van der Waals surface area (Å²) in [6.07, 6.45) is -0.605. The summed E-state index contributed by atoms with van der Waals surface area (Å²) in [4.78, 5) is 16.4. The number of hydrogen-bond donors (Lipinski definition) is 2. The van der Waals surface area contributed by atoms with E-state index in [1.165, 1.54) is 7.11 Å². The molecule has 23 heavy (non-hydrogen) atoms. The van der Waals surface area contributed by atoms with E-state index in [1.54, 1.807) is 20.8 Å². The minimum atomic E-state index is -0.670. The van der Waals surface area contributed by atoms with Crippen LogP contribution in [0.3, 0.4) is 0 Å². The van der Waals surface area contributed by atoms with Gasteiger partial charge in [-0.2, -0.15) is 0 Å². The summed E-state index contributed by atoms with van der Waals surface area (Å²) >= 11 is 0. The lowest BCUT2D eigenvalue weighted by molar-refractivity contribution is 0.0481. The molecule has 0 bridgehead atoms. The van der Waals surface area contributed by atoms with Crippen LogP contribution in [0.4, 0.5) is 4.79 Å². The molecule has 1 aromatic heterocycles. The Kier molecular flexibility index (Phi) is 5.05. The molecule has 1 aromatic carbocycles. The number of ether oxygens (including phenoxy) is 2. The fraction of sp³-hybridized carbons (Fsp3) is 0.412. The second-order valence-corrected chi connectivity index (χ2v) is 6.16. The maximum Gasteiger partial charge on any atom is 0.408 e. The van der Waals surface area contributed by atoms with Crippen LogP contribution in [-0.2, 0) is 4.74 Å². The van der Waals surface area contributed by atoms with Crippen LogP contribution in [0.1, 0.15) is 32.4 Å². The van der Waals surface area contributed by atoms with Gasteiger partial charge < -0.3 is 19.9 Å². The van der Waals surface area contributed by atoms with Crippen LogP contribution < -0.4 is 10.1 Å². The molecule has 0 fully saturated rings. The Morgan fingerprint density at radius 3 is 2.65 bits per heavy atom. The van der Waals surface area contributed by atoms with Crippen LogP contribution in [0.2, 0.25) is 0 Å². The van der Waals surface area contributed by atoms with Crippen molar-refractivity contribution in [2.24, 2.45) is 0 Å². The predicted molar refractivity (Wildman–Crippen MR) is 87.5 cm³/mol. The molecule has 2 N–H and O–H groups in total. The first-order valence-electron chi connectivity index (χ1n) is 7.38. The number of methoxy groups -OCH3 is 1. The molecule has 1 atom stereocenters. The number of nitrogens with zero attached hydrogens (tertiary/aromatic N) is 1. The van der Waals surface area contributed by atoms with Crippen LogP contribution in [0.15, 0.2) is 30.3 Å². The number of nitrogens with one attached hydrogen (secondary N) is 1. The van der Waals surface area contributed by atoms with Crippen molar-refractivity contribution < 1.29 is 19.4 Å². The van der Waals surface area contributed by atoms with E-state index in [4.69, 9.17) is 9.47 Å². The third-order valence-electron chi connectivity index (χ3n) is 3.16. The normalized spacial score (nSPS) is 12.7. The molecule has 124 valence electrons. The molecule has 0 radical (unpaired) electrons. The predicted octanol–water partition coefficient (Wildman–Crippen LogP) is 2.80. The first-order chi connectivity index (χ1) is 10.8. The third kappa shape index (κ3) is 4.32. The van der Waals surface area contributed by atoms with Gasteiger partial charge in [0.2, 0.25) is 5.88 Å². The number of aliphatic hydroxyl groups excluding tert-OH is 1. The van der Waals surface area contributed by atoms with Gasteiger partial charge in [0.15, 0.2) is 0 Å². The van der Waals surface area contributed by atoms with Gasteiger partial charge in [-0.15, -0.1) is 0 Å². The van der Waals surface area contributed by atoms with Crippen LogP contribution in [0.25, 0.3) is 10.9 Å². The van der Waals surface area contributed by atoms with Crippen molar-refractivity contribution in [2.75, 3.05) is 13.7 Å². The molecule has 2 rings (SSSR count). The molecule has 0 saturated carbocycles. The lowest BCUT2D eigenvalue weighted by Gasteiger charge is -2.23. The summed E-state index contributed by atoms with van der Waals surface area (Å²) in [5.74, 6) is 0.360. The fourth-order valence-electron chi connectivity index (χ4n) is 2.20. The number of aliphatic hydroxyl groups is 1. The number of carbonyl (C=O) groups excluding carboxylic acids is 1. The molecule has 2 aromatic rings. The first kappa shape index (κ1) is 17.0. The Labute approximate surface area is 135 Å². The highest BCUT2D eigenvalue weighted by Gasteiger charge is 2.23. The summed E-state index contributed by atoms with van der Waals surface area (Å²) in [5, 5.41) is 13.2. The fourth-order valence-corrected chi connectivity index (χ4v) is 2.20. The maximum atomic E-state index is 12.0. The lowest BCUT2D eigenvalue weighted by Crippen LogP contribution is -2.36. The van der Waals surface area contributed by atoms with Crippen molar-refractivity contribution in [3.05, 3.63) is 35.9 Å². The van der Waals surface area contributed by atoms with E-state index in [2.05, 4.69) is 10.3 Å². The Hall–Kier alpha value is -2.34. The molecular weight excluding hydrogens is 296 g/mol. The molecule has 1 unspecified atom stereocenters. The number of fused-ring (bicyclic) bond motifs is 1. The Morgan fingerprint density at radius 1 is 1.35 bits per heavy atom. The second kappa shape index (κ2) is 6.83. The molecule has 1 heterocycles. The van der Waals surface area contributed by atoms with Gasteiger partial charge in [-0.05, 0) is 32.9 Å². The summed E-state index contributed by atoms with van der Waals surface area (Å²) in [6, 6.07) is 8.74. The minimum absolute atomic E-state index is 0.296. The number of pyridine rings is 1. The molecule has 0 saturated heterocycles. The summed E-state index contributed by atoms with van der Waals surface area (Å²) in [6.45, 7) is 5.03. The SMILES string of the molecule is COc1nc2ccccc2cc1C(CO)NC(=O)OC(C)(C)C. The number of benzene rings is 1. The highest BCUT2D eigenvalue weighted by atomic mass is 16.6. The average molecular weight is 318 g/mol. The standard InChI is InChI=1S/C17H22N2O4/c1-17(2,3)23-16(21)19-14(10-20)12-9-11-7-5-6-8-13(11)18-15(12)22-4/h5-9,14,20H,10H2,1-4H3,(H,19,21). The Morgan fingerprint density at radius 2 is 2.04 bits per heavy atom. The van der Waals surface area contributed by atoms with E-state index >= 15 is 0 Å². The van der Waals surface area contributed by atoms with E-state index in [9.17, 15) is 9.90 Å². The molecule has 6 nitrogen and oxygen atoms in total. The summed E-state index contributed by atoms with van der Waals surface area (Å²) in [5.41, 5.74) is 0.761. The molecule has 0 aliphatic carbocycles. The first-order valence-corrected chi connectivity index (χ1v) is 7.38. The molecule has 0 spiro atoms. The van der Waals surface area contributed by atoms with E-state index < -0.39 is 17.7 Å². The summed E-state index contributed by atoms with van der Waals surface area (Å²) in [7, 11) is 1.50. The molecule has 6 heteroatoms. The Balaban J connectivity index is 2.33. The van der Waals surface area contributed by atoms with Crippen molar-refractivity contribution in [3.8, 4) is 5.88 Å². The zero-order valence-electron chi connectivity index (χ0n) is 13.8. The lowest BCUT2D eigenvalue weighted by atomic mass is 10.1. The van der Waals surface area contributed by atoms with E-state index in [1.807, 2.05) is 30.3 Å². The zero-order chi connectivity index (χ0) is 17.0. The van der Waals surface area contributed by atoms with E-state index in [-0.39, 0.29) is 6.61 Å². The number of aromatic nitrogens is 1. The zero-order valence-corrected chi connectivity index (χ0v) is 13.8. The van der Waals surface area contributed by atoms with Gasteiger partial charge in [-0.3, -0.25) is 0 Å². The maximum absolute atomic E-state index is 12.0. The smallest absolute Gasteiger partial charge is 0.408 e. The van der Waals surface area contributed by atoms with Gasteiger partial charge in [0.25, 0.3) is 0 Å². The van der Waals surface area contributed by atoms with Crippen molar-refractivity contribution in [1.82, 2.24) is 10.3 Å². The van der Waals surface area contributed by atoms with Crippen LogP contribution in [-0.4, -0.2) is 35.5 Å². The quantitative estimate of drug-likeness (QED) is 0.906. The largest absolute Gasteiger partial charge is 0.481 e. The number of amides is 1. The topological polar surface area (TPSA) is 80.7 Å². The van der Waals surface area contributed by atoms with Gasteiger partial charge in [0, 0.05) is 10.9 Å². The average Bonchev–Trinajstić information content (AvgIpc) is 2.49. The van der Waals surface area contributed by atoms with Gasteiger partial charge >= 0.3 is 6.09 Å². The Bertz CT molecular complexity index is 695. The van der Waals surface area contributed by atoms with Crippen molar-refractivity contribution in [3.63, 3.8) is 0 Å². The highest BCUT2D eigenvalue weighted by Crippen LogP contribution is 2.27. The van der Waals surface area contributed by atoms with Crippen molar-refractivity contribution in [1.29, 1.82) is 0 Å². The van der Waals surface area contributed by atoms with Gasteiger partial charge in [0.1, 0.15) is 5.60 Å². The monoisotopic (exact) mass is 318 g/mol.